The Balaban J connectivity index is 1.41. The number of aromatic nitrogens is 4. The fraction of sp³-hybridized carbons (Fsp3) is 0.381. The van der Waals surface area contributed by atoms with E-state index in [1.54, 1.807) is 16.5 Å². The molecule has 0 spiro atoms. The zero-order chi connectivity index (χ0) is 20.9. The van der Waals surface area contributed by atoms with Crippen LogP contribution in [0.3, 0.4) is 0 Å². The predicted octanol–water partition coefficient (Wildman–Crippen LogP) is 1.57. The molecule has 30 heavy (non-hydrogen) atoms. The lowest BCUT2D eigenvalue weighted by Gasteiger charge is -2.33. The molecule has 2 aromatic carbocycles. The number of rotatable bonds is 7. The van der Waals surface area contributed by atoms with Crippen molar-refractivity contribution in [3.63, 3.8) is 0 Å². The van der Waals surface area contributed by atoms with Crippen LogP contribution in [0.15, 0.2) is 48.5 Å². The summed E-state index contributed by atoms with van der Waals surface area (Å²) in [6, 6.07) is 16.0. The Labute approximate surface area is 181 Å². The van der Waals surface area contributed by atoms with Gasteiger partial charge in [0.25, 0.3) is 0 Å². The van der Waals surface area contributed by atoms with Gasteiger partial charge in [-0.1, -0.05) is 12.1 Å². The number of hydrogen-bond acceptors (Lipinski definition) is 6. The summed E-state index contributed by atoms with van der Waals surface area (Å²) in [4.78, 5) is 3.83. The second kappa shape index (κ2) is 9.27. The van der Waals surface area contributed by atoms with Gasteiger partial charge in [0.1, 0.15) is 17.2 Å². The molecule has 1 saturated heterocycles. The molecule has 4 rings (SSSR count). The SMILES string of the molecule is CCOc1ccccc1-n1nnn(C[NH+]2CCN(c3ccc(OC)cc3)CC2)c1=S. The van der Waals surface area contributed by atoms with Crippen molar-refractivity contribution >= 4 is 17.9 Å². The van der Waals surface area contributed by atoms with Crippen LogP contribution in [0.1, 0.15) is 6.92 Å². The molecule has 0 saturated carbocycles. The summed E-state index contributed by atoms with van der Waals surface area (Å²) < 4.78 is 15.0. The van der Waals surface area contributed by atoms with Crippen molar-refractivity contribution in [2.45, 2.75) is 13.6 Å². The highest BCUT2D eigenvalue weighted by molar-refractivity contribution is 7.71. The fourth-order valence-electron chi connectivity index (χ4n) is 3.68. The Morgan fingerprint density at radius 2 is 1.77 bits per heavy atom. The van der Waals surface area contributed by atoms with Crippen molar-refractivity contribution in [1.82, 2.24) is 19.8 Å². The van der Waals surface area contributed by atoms with Gasteiger partial charge in [-0.25, -0.2) is 0 Å². The van der Waals surface area contributed by atoms with Crippen LogP contribution >= 0.6 is 12.2 Å². The zero-order valence-corrected chi connectivity index (χ0v) is 18.1. The van der Waals surface area contributed by atoms with Gasteiger partial charge >= 0.3 is 0 Å². The molecule has 0 amide bonds. The van der Waals surface area contributed by atoms with E-state index < -0.39 is 0 Å². The van der Waals surface area contributed by atoms with E-state index in [1.807, 2.05) is 43.3 Å². The number of ether oxygens (including phenoxy) is 2. The summed E-state index contributed by atoms with van der Waals surface area (Å²) in [6.07, 6.45) is 0. The van der Waals surface area contributed by atoms with E-state index in [9.17, 15) is 0 Å². The van der Waals surface area contributed by atoms with Crippen LogP contribution in [0.2, 0.25) is 0 Å². The lowest BCUT2D eigenvalue weighted by atomic mass is 10.2. The largest absolute Gasteiger partial charge is 0.497 e. The molecule has 0 radical (unpaired) electrons. The second-order valence-corrected chi connectivity index (χ2v) is 7.53. The van der Waals surface area contributed by atoms with E-state index in [0.29, 0.717) is 18.0 Å². The van der Waals surface area contributed by atoms with Gasteiger partial charge in [-0.3, -0.25) is 0 Å². The molecular weight excluding hydrogens is 400 g/mol. The first-order chi connectivity index (χ1) is 14.7. The van der Waals surface area contributed by atoms with Gasteiger partial charge in [0, 0.05) is 5.69 Å². The van der Waals surface area contributed by atoms with Crippen molar-refractivity contribution in [3.05, 3.63) is 53.3 Å². The number of para-hydroxylation sites is 2. The maximum absolute atomic E-state index is 5.71. The Morgan fingerprint density at radius 1 is 1.03 bits per heavy atom. The van der Waals surface area contributed by atoms with Crippen LogP contribution in [0.4, 0.5) is 5.69 Å². The third kappa shape index (κ3) is 4.31. The van der Waals surface area contributed by atoms with Gasteiger partial charge in [0.05, 0.1) is 39.9 Å². The van der Waals surface area contributed by atoms with Crippen LogP contribution in [0, 0.1) is 4.77 Å². The molecule has 1 aliphatic rings. The topological polar surface area (TPSA) is 61.8 Å². The normalized spacial score (nSPS) is 14.7. The summed E-state index contributed by atoms with van der Waals surface area (Å²) in [5.41, 5.74) is 2.04. The molecule has 2 heterocycles. The van der Waals surface area contributed by atoms with Gasteiger partial charge in [-0.05, 0) is 66.0 Å². The Bertz CT molecular complexity index is 1020. The number of methoxy groups -OCH3 is 1. The minimum atomic E-state index is 0.576. The van der Waals surface area contributed by atoms with Gasteiger partial charge in [-0.2, -0.15) is 9.36 Å². The third-order valence-electron chi connectivity index (χ3n) is 5.31. The number of hydrogen-bond donors (Lipinski definition) is 1. The first-order valence-corrected chi connectivity index (χ1v) is 10.6. The quantitative estimate of drug-likeness (QED) is 0.578. The van der Waals surface area contributed by atoms with Gasteiger partial charge in [0.2, 0.25) is 4.77 Å². The molecule has 1 fully saturated rings. The van der Waals surface area contributed by atoms with E-state index in [1.165, 1.54) is 10.6 Å². The van der Waals surface area contributed by atoms with Crippen LogP contribution in [-0.2, 0) is 6.67 Å². The van der Waals surface area contributed by atoms with E-state index >= 15 is 0 Å². The maximum Gasteiger partial charge on any atom is 0.225 e. The number of anilines is 1. The summed E-state index contributed by atoms with van der Waals surface area (Å²) in [5, 5.41) is 8.59. The fourth-order valence-corrected chi connectivity index (χ4v) is 3.91. The third-order valence-corrected chi connectivity index (χ3v) is 5.70. The lowest BCUT2D eigenvalue weighted by molar-refractivity contribution is -0.924. The predicted molar refractivity (Wildman–Crippen MR) is 117 cm³/mol. The highest BCUT2D eigenvalue weighted by atomic mass is 32.1. The molecule has 3 aromatic rings. The summed E-state index contributed by atoms with van der Waals surface area (Å²) in [6.45, 7) is 7.23. The average molecular weight is 428 g/mol. The van der Waals surface area contributed by atoms with Crippen molar-refractivity contribution in [2.75, 3.05) is 44.8 Å². The molecule has 1 N–H and O–H groups in total. The van der Waals surface area contributed by atoms with Crippen molar-refractivity contribution in [3.8, 4) is 17.2 Å². The van der Waals surface area contributed by atoms with Crippen molar-refractivity contribution in [2.24, 2.45) is 0 Å². The highest BCUT2D eigenvalue weighted by Crippen LogP contribution is 2.22. The average Bonchev–Trinajstić information content (AvgIpc) is 3.15. The summed E-state index contributed by atoms with van der Waals surface area (Å²) in [7, 11) is 1.69. The smallest absolute Gasteiger partial charge is 0.225 e. The first kappa shape index (κ1) is 20.4. The minimum Gasteiger partial charge on any atom is -0.497 e. The van der Waals surface area contributed by atoms with Gasteiger partial charge in [0.15, 0.2) is 6.67 Å². The van der Waals surface area contributed by atoms with Crippen LogP contribution in [0.25, 0.3) is 5.69 Å². The standard InChI is InChI=1S/C21H26N6O2S/c1-3-29-20-7-5-4-6-19(20)27-21(30)26(22-23-27)16-24-12-14-25(15-13-24)17-8-10-18(28-2)11-9-17/h4-11H,3,12-16H2,1-2H3/p+1. The van der Waals surface area contributed by atoms with Crippen molar-refractivity contribution in [1.29, 1.82) is 0 Å². The zero-order valence-electron chi connectivity index (χ0n) is 17.3. The summed E-state index contributed by atoms with van der Waals surface area (Å²) >= 11 is 5.65. The van der Waals surface area contributed by atoms with Crippen LogP contribution < -0.4 is 19.3 Å². The molecule has 1 aromatic heterocycles. The monoisotopic (exact) mass is 427 g/mol. The molecular formula is C21H27N6O2S+. The maximum atomic E-state index is 5.71. The Hall–Kier alpha value is -2.91. The van der Waals surface area contributed by atoms with Gasteiger partial charge < -0.3 is 19.3 Å². The van der Waals surface area contributed by atoms with Crippen LogP contribution in [0.5, 0.6) is 11.5 Å². The van der Waals surface area contributed by atoms with Crippen LogP contribution in [-0.4, -0.2) is 59.7 Å². The molecule has 0 unspecified atom stereocenters. The van der Waals surface area contributed by atoms with Gasteiger partial charge in [-0.15, -0.1) is 0 Å². The van der Waals surface area contributed by atoms with E-state index in [4.69, 9.17) is 21.7 Å². The Morgan fingerprint density at radius 3 is 2.47 bits per heavy atom. The number of benzene rings is 2. The number of nitrogens with one attached hydrogen (secondary N) is 1. The van der Waals surface area contributed by atoms with E-state index in [2.05, 4.69) is 27.5 Å². The van der Waals surface area contributed by atoms with E-state index in [-0.39, 0.29) is 0 Å². The van der Waals surface area contributed by atoms with E-state index in [0.717, 1.165) is 43.4 Å². The molecule has 0 aliphatic carbocycles. The number of quaternary nitrogens is 1. The Kier molecular flexibility index (Phi) is 6.29. The number of nitrogens with zero attached hydrogens (tertiary/aromatic N) is 5. The molecule has 0 bridgehead atoms. The molecule has 8 nitrogen and oxygen atoms in total. The van der Waals surface area contributed by atoms with Crippen molar-refractivity contribution < 1.29 is 14.4 Å². The summed E-state index contributed by atoms with van der Waals surface area (Å²) in [5.74, 6) is 1.63. The molecule has 0 atom stereocenters. The number of tetrazole rings is 1. The molecule has 158 valence electrons. The molecule has 1 aliphatic heterocycles. The first-order valence-electron chi connectivity index (χ1n) is 10.2. The minimum absolute atomic E-state index is 0.576. The number of piperazine rings is 1. The second-order valence-electron chi connectivity index (χ2n) is 7.17. The lowest BCUT2D eigenvalue weighted by Crippen LogP contribution is -3.14. The molecule has 9 heteroatoms. The highest BCUT2D eigenvalue weighted by Gasteiger charge is 2.22.